The van der Waals surface area contributed by atoms with E-state index in [4.69, 9.17) is 5.73 Å². The summed E-state index contributed by atoms with van der Waals surface area (Å²) in [5, 5.41) is 0. The van der Waals surface area contributed by atoms with E-state index in [1.807, 2.05) is 13.1 Å². The van der Waals surface area contributed by atoms with Crippen LogP contribution in [-0.4, -0.2) is 19.3 Å². The Kier molecular flexibility index (Phi) is 3.61. The lowest BCUT2D eigenvalue weighted by molar-refractivity contribution is 0.786. The summed E-state index contributed by atoms with van der Waals surface area (Å²) in [6.07, 6.45) is 2.71. The third-order valence-corrected chi connectivity index (χ3v) is 0.660. The molecule has 0 fully saturated rings. The van der Waals surface area contributed by atoms with Crippen LogP contribution in [0.15, 0.2) is 4.99 Å². The average Bonchev–Trinajstić information content (AvgIpc) is 1.61. The van der Waals surface area contributed by atoms with E-state index < -0.39 is 0 Å². The third kappa shape index (κ3) is 5.63. The number of hydrogen-bond acceptors (Lipinski definition) is 2. The summed E-state index contributed by atoms with van der Waals surface area (Å²) in [6.45, 7) is 1.96. The first-order valence-electron chi connectivity index (χ1n) is 2.43. The van der Waals surface area contributed by atoms with Crippen molar-refractivity contribution >= 4 is 6.21 Å². The first kappa shape index (κ1) is 6.63. The van der Waals surface area contributed by atoms with Gasteiger partial charge in [0, 0.05) is 13.1 Å². The second-order valence-electron chi connectivity index (χ2n) is 1.65. The maximum atomic E-state index is 5.39. The molecule has 0 aromatic rings. The molecule has 2 heteroatoms. The van der Waals surface area contributed by atoms with Gasteiger partial charge in [-0.3, -0.25) is 0 Å². The van der Waals surface area contributed by atoms with Crippen LogP contribution in [0.2, 0.25) is 0 Å². The van der Waals surface area contributed by atoms with E-state index in [1.165, 1.54) is 0 Å². The van der Waals surface area contributed by atoms with Crippen molar-refractivity contribution in [1.82, 2.24) is 0 Å². The number of hydrogen-bond donors (Lipinski definition) is 1. The van der Waals surface area contributed by atoms with E-state index in [2.05, 4.69) is 4.99 Å². The van der Waals surface area contributed by atoms with Gasteiger partial charge in [-0.05, 0) is 19.6 Å². The van der Waals surface area contributed by atoms with Crippen molar-refractivity contribution in [2.75, 3.05) is 7.05 Å². The van der Waals surface area contributed by atoms with Crippen LogP contribution >= 0.6 is 0 Å². The Morgan fingerprint density at radius 3 is 2.57 bits per heavy atom. The van der Waals surface area contributed by atoms with Crippen LogP contribution in [0.3, 0.4) is 0 Å². The number of nitrogens with two attached hydrogens (primary N) is 1. The Hall–Kier alpha value is -0.370. The first-order chi connectivity index (χ1) is 3.27. The van der Waals surface area contributed by atoms with Gasteiger partial charge < -0.3 is 10.7 Å². The largest absolute Gasteiger partial charge is 0.328 e. The highest BCUT2D eigenvalue weighted by molar-refractivity contribution is 5.57. The van der Waals surface area contributed by atoms with Crippen molar-refractivity contribution in [2.24, 2.45) is 10.7 Å². The summed E-state index contributed by atoms with van der Waals surface area (Å²) in [7, 11) is 1.75. The second-order valence-corrected chi connectivity index (χ2v) is 1.65. The normalized spacial score (nSPS) is 15.3. The molecule has 0 aromatic heterocycles. The third-order valence-electron chi connectivity index (χ3n) is 0.660. The van der Waals surface area contributed by atoms with E-state index >= 15 is 0 Å². The molecule has 0 amide bonds. The highest BCUT2D eigenvalue weighted by atomic mass is 14.7. The van der Waals surface area contributed by atoms with Crippen LogP contribution in [0, 0.1) is 0 Å². The average molecular weight is 100 g/mol. The van der Waals surface area contributed by atoms with Crippen molar-refractivity contribution in [3.05, 3.63) is 0 Å². The van der Waals surface area contributed by atoms with Crippen molar-refractivity contribution in [3.8, 4) is 0 Å². The van der Waals surface area contributed by atoms with Gasteiger partial charge in [0.15, 0.2) is 0 Å². The second kappa shape index (κ2) is 3.81. The molecule has 0 aliphatic rings. The van der Waals surface area contributed by atoms with Crippen molar-refractivity contribution in [1.29, 1.82) is 0 Å². The van der Waals surface area contributed by atoms with Gasteiger partial charge in [0.25, 0.3) is 0 Å². The van der Waals surface area contributed by atoms with Crippen LogP contribution in [0.25, 0.3) is 0 Å². The topological polar surface area (TPSA) is 38.4 Å². The summed E-state index contributed by atoms with van der Waals surface area (Å²) in [6, 6.07) is 0.253. The minimum atomic E-state index is 0.253. The number of aliphatic imine (C=N–C) groups is 1. The molecule has 0 saturated heterocycles. The van der Waals surface area contributed by atoms with Crippen molar-refractivity contribution < 1.29 is 0 Å². The minimum Gasteiger partial charge on any atom is -0.328 e. The summed E-state index contributed by atoms with van der Waals surface area (Å²) in [4.78, 5) is 3.77. The Bertz CT molecular complexity index is 57.1. The molecule has 2 N–H and O–H groups in total. The SMILES string of the molecule is C/N=C/CC(C)N. The van der Waals surface area contributed by atoms with E-state index in [9.17, 15) is 0 Å². The van der Waals surface area contributed by atoms with Crippen LogP contribution < -0.4 is 5.73 Å². The van der Waals surface area contributed by atoms with Gasteiger partial charge in [-0.25, -0.2) is 0 Å². The predicted octanol–water partition coefficient (Wildman–Crippen LogP) is 0.424. The van der Waals surface area contributed by atoms with E-state index in [0.717, 1.165) is 6.42 Å². The smallest absolute Gasteiger partial charge is 0.0273 e. The Morgan fingerprint density at radius 1 is 1.86 bits per heavy atom. The minimum absolute atomic E-state index is 0.253. The first-order valence-corrected chi connectivity index (χ1v) is 2.43. The summed E-state index contributed by atoms with van der Waals surface area (Å²) >= 11 is 0. The molecule has 0 aliphatic heterocycles. The molecule has 0 spiro atoms. The molecule has 0 saturated carbocycles. The molecule has 2 nitrogen and oxygen atoms in total. The molecule has 1 atom stereocenters. The molecule has 7 heavy (non-hydrogen) atoms. The van der Waals surface area contributed by atoms with Gasteiger partial charge in [-0.1, -0.05) is 0 Å². The molecule has 1 unspecified atom stereocenters. The molecule has 42 valence electrons. The quantitative estimate of drug-likeness (QED) is 0.502. The highest BCUT2D eigenvalue weighted by Gasteiger charge is 1.84. The van der Waals surface area contributed by atoms with Crippen LogP contribution in [0.4, 0.5) is 0 Å². The monoisotopic (exact) mass is 100 g/mol. The Balaban J connectivity index is 2.97. The van der Waals surface area contributed by atoms with E-state index in [-0.39, 0.29) is 6.04 Å². The van der Waals surface area contributed by atoms with Gasteiger partial charge in [-0.2, -0.15) is 0 Å². The molecule has 0 aliphatic carbocycles. The predicted molar refractivity (Wildman–Crippen MR) is 32.7 cm³/mol. The molecule has 0 radical (unpaired) electrons. The zero-order chi connectivity index (χ0) is 5.70. The van der Waals surface area contributed by atoms with Gasteiger partial charge in [0.1, 0.15) is 0 Å². The summed E-state index contributed by atoms with van der Waals surface area (Å²) < 4.78 is 0. The standard InChI is InChI=1S/C5H12N2/c1-5(6)3-4-7-2/h4-5H,3,6H2,1-2H3/b7-4+. The Morgan fingerprint density at radius 2 is 2.43 bits per heavy atom. The fraction of sp³-hybridized carbons (Fsp3) is 0.800. The lowest BCUT2D eigenvalue weighted by Crippen LogP contribution is -2.14. The zero-order valence-electron chi connectivity index (χ0n) is 4.89. The maximum absolute atomic E-state index is 5.39. The summed E-state index contributed by atoms with van der Waals surface area (Å²) in [5.41, 5.74) is 5.39. The Labute approximate surface area is 44.4 Å². The molecular formula is C5H12N2. The molecule has 0 rings (SSSR count). The molecular weight excluding hydrogens is 88.1 g/mol. The van der Waals surface area contributed by atoms with Crippen molar-refractivity contribution in [2.45, 2.75) is 19.4 Å². The number of rotatable bonds is 2. The lowest BCUT2D eigenvalue weighted by atomic mass is 10.3. The van der Waals surface area contributed by atoms with Crippen molar-refractivity contribution in [3.63, 3.8) is 0 Å². The van der Waals surface area contributed by atoms with E-state index in [1.54, 1.807) is 7.05 Å². The molecule has 0 heterocycles. The fourth-order valence-electron chi connectivity index (χ4n) is 0.272. The molecule has 0 aromatic carbocycles. The number of nitrogens with zero attached hydrogens (tertiary/aromatic N) is 1. The highest BCUT2D eigenvalue weighted by Crippen LogP contribution is 1.77. The van der Waals surface area contributed by atoms with Gasteiger partial charge >= 0.3 is 0 Å². The van der Waals surface area contributed by atoms with Crippen LogP contribution in [-0.2, 0) is 0 Å². The van der Waals surface area contributed by atoms with Gasteiger partial charge in [0.2, 0.25) is 0 Å². The lowest BCUT2D eigenvalue weighted by Gasteiger charge is -1.94. The fourth-order valence-corrected chi connectivity index (χ4v) is 0.272. The van der Waals surface area contributed by atoms with E-state index in [0.29, 0.717) is 0 Å². The van der Waals surface area contributed by atoms with Gasteiger partial charge in [-0.15, -0.1) is 0 Å². The van der Waals surface area contributed by atoms with Gasteiger partial charge in [0.05, 0.1) is 0 Å². The van der Waals surface area contributed by atoms with Crippen LogP contribution in [0.1, 0.15) is 13.3 Å². The maximum Gasteiger partial charge on any atom is 0.0273 e. The van der Waals surface area contributed by atoms with Crippen LogP contribution in [0.5, 0.6) is 0 Å². The molecule has 0 bridgehead atoms. The summed E-state index contributed by atoms with van der Waals surface area (Å²) in [5.74, 6) is 0. The zero-order valence-corrected chi connectivity index (χ0v) is 4.89.